The molecule has 0 bridgehead atoms. The van der Waals surface area contributed by atoms with E-state index in [2.05, 4.69) is 15.0 Å². The van der Waals surface area contributed by atoms with Crippen molar-refractivity contribution < 1.29 is 14.3 Å². The number of nitrogens with one attached hydrogen (secondary N) is 1. The number of likely N-dealkylation sites (tertiary alicyclic amines) is 1. The van der Waals surface area contributed by atoms with Crippen LogP contribution < -0.4 is 5.32 Å². The number of hydrogen-bond acceptors (Lipinski definition) is 4. The zero-order valence-electron chi connectivity index (χ0n) is 13.2. The summed E-state index contributed by atoms with van der Waals surface area (Å²) in [5.74, 6) is -0.366. The van der Waals surface area contributed by atoms with Crippen LogP contribution >= 0.6 is 0 Å². The van der Waals surface area contributed by atoms with Crippen LogP contribution in [-0.4, -0.2) is 43.0 Å². The van der Waals surface area contributed by atoms with Crippen molar-refractivity contribution in [2.24, 2.45) is 0 Å². The van der Waals surface area contributed by atoms with Crippen LogP contribution in [0.25, 0.3) is 0 Å². The van der Waals surface area contributed by atoms with Gasteiger partial charge in [-0.05, 0) is 38.4 Å². The highest BCUT2D eigenvalue weighted by molar-refractivity contribution is 5.84. The normalized spacial score (nSPS) is 17.7. The van der Waals surface area contributed by atoms with E-state index in [0.29, 0.717) is 0 Å². The number of rotatable bonds is 6. The second kappa shape index (κ2) is 7.94. The molecule has 5 nitrogen and oxygen atoms in total. The van der Waals surface area contributed by atoms with Crippen LogP contribution in [0.4, 0.5) is 0 Å². The number of nitrogens with zero attached hydrogens (tertiary/aromatic N) is 1. The summed E-state index contributed by atoms with van der Waals surface area (Å²) in [7, 11) is 1.36. The largest absolute Gasteiger partial charge is 0.469 e. The van der Waals surface area contributed by atoms with Gasteiger partial charge < -0.3 is 10.1 Å². The van der Waals surface area contributed by atoms with Gasteiger partial charge >= 0.3 is 5.97 Å². The van der Waals surface area contributed by atoms with Gasteiger partial charge in [-0.25, -0.2) is 0 Å². The van der Waals surface area contributed by atoms with E-state index in [-0.39, 0.29) is 30.4 Å². The fourth-order valence-corrected chi connectivity index (χ4v) is 2.87. The van der Waals surface area contributed by atoms with Crippen LogP contribution in [0.2, 0.25) is 0 Å². The molecule has 0 aliphatic carbocycles. The van der Waals surface area contributed by atoms with E-state index in [1.807, 2.05) is 37.3 Å². The van der Waals surface area contributed by atoms with Gasteiger partial charge in [-0.15, -0.1) is 0 Å². The molecule has 1 aliphatic rings. The summed E-state index contributed by atoms with van der Waals surface area (Å²) in [6.07, 6.45) is 2.42. The summed E-state index contributed by atoms with van der Waals surface area (Å²) in [5.41, 5.74) is 0.993. The van der Waals surface area contributed by atoms with Crippen LogP contribution in [0.1, 0.15) is 37.8 Å². The van der Waals surface area contributed by atoms with Gasteiger partial charge in [-0.2, -0.15) is 0 Å². The van der Waals surface area contributed by atoms with Gasteiger partial charge in [0, 0.05) is 6.04 Å². The van der Waals surface area contributed by atoms with Crippen LogP contribution in [-0.2, 0) is 14.3 Å². The fraction of sp³-hybridized carbons (Fsp3) is 0.529. The molecule has 0 spiro atoms. The van der Waals surface area contributed by atoms with Gasteiger partial charge in [0.1, 0.15) is 6.04 Å². The van der Waals surface area contributed by atoms with Gasteiger partial charge in [0.2, 0.25) is 5.91 Å². The monoisotopic (exact) mass is 304 g/mol. The van der Waals surface area contributed by atoms with Crippen molar-refractivity contribution in [3.05, 3.63) is 35.9 Å². The minimum atomic E-state index is -0.315. The molecule has 0 unspecified atom stereocenters. The second-order valence-electron chi connectivity index (χ2n) is 5.75. The first-order valence-corrected chi connectivity index (χ1v) is 7.78. The van der Waals surface area contributed by atoms with Crippen LogP contribution in [0.15, 0.2) is 30.3 Å². The third-order valence-electron chi connectivity index (χ3n) is 3.96. The van der Waals surface area contributed by atoms with Crippen LogP contribution in [0, 0.1) is 0 Å². The first kappa shape index (κ1) is 16.5. The van der Waals surface area contributed by atoms with Crippen molar-refractivity contribution in [1.82, 2.24) is 10.2 Å². The lowest BCUT2D eigenvalue weighted by atomic mass is 10.0. The molecule has 0 radical (unpaired) electrons. The molecule has 1 fully saturated rings. The van der Waals surface area contributed by atoms with E-state index in [4.69, 9.17) is 0 Å². The number of methoxy groups -OCH3 is 1. The molecule has 1 N–H and O–H groups in total. The Morgan fingerprint density at radius 3 is 2.45 bits per heavy atom. The number of hydrogen-bond donors (Lipinski definition) is 1. The summed E-state index contributed by atoms with van der Waals surface area (Å²) in [5, 5.41) is 2.94. The van der Waals surface area contributed by atoms with Gasteiger partial charge in [0.15, 0.2) is 0 Å². The molecule has 120 valence electrons. The minimum Gasteiger partial charge on any atom is -0.469 e. The molecule has 1 aromatic rings. The van der Waals surface area contributed by atoms with Gasteiger partial charge in [0.25, 0.3) is 0 Å². The number of benzene rings is 1. The topological polar surface area (TPSA) is 58.6 Å². The van der Waals surface area contributed by atoms with Crippen molar-refractivity contribution in [3.63, 3.8) is 0 Å². The molecule has 22 heavy (non-hydrogen) atoms. The molecule has 0 saturated carbocycles. The lowest BCUT2D eigenvalue weighted by Crippen LogP contribution is -2.43. The molecule has 5 heteroatoms. The van der Waals surface area contributed by atoms with E-state index in [0.717, 1.165) is 31.5 Å². The van der Waals surface area contributed by atoms with Crippen molar-refractivity contribution in [2.75, 3.05) is 20.2 Å². The lowest BCUT2D eigenvalue weighted by Gasteiger charge is -2.28. The fourth-order valence-electron chi connectivity index (χ4n) is 2.87. The standard InChI is InChI=1S/C17H24N2O3/c1-13(12-15(20)22-2)18-17(21)16(19-10-6-7-11-19)14-8-4-3-5-9-14/h3-5,8-9,13,16H,6-7,10-12H2,1-2H3,(H,18,21)/t13-,16-/m0/s1. The van der Waals surface area contributed by atoms with Gasteiger partial charge in [-0.3, -0.25) is 14.5 Å². The number of carbonyl (C=O) groups excluding carboxylic acids is 2. The second-order valence-corrected chi connectivity index (χ2v) is 5.75. The van der Waals surface area contributed by atoms with E-state index >= 15 is 0 Å². The Labute approximate surface area is 131 Å². The number of amides is 1. The Bertz CT molecular complexity index is 498. The minimum absolute atomic E-state index is 0.0514. The molecular formula is C17H24N2O3. The molecule has 1 aromatic carbocycles. The zero-order valence-corrected chi connectivity index (χ0v) is 13.2. The summed E-state index contributed by atoms with van der Waals surface area (Å²) in [6.45, 7) is 3.68. The average Bonchev–Trinajstić information content (AvgIpc) is 3.02. The third-order valence-corrected chi connectivity index (χ3v) is 3.96. The Balaban J connectivity index is 2.08. The van der Waals surface area contributed by atoms with E-state index in [9.17, 15) is 9.59 Å². The highest BCUT2D eigenvalue weighted by Crippen LogP contribution is 2.25. The summed E-state index contributed by atoms with van der Waals surface area (Å²) in [4.78, 5) is 26.2. The smallest absolute Gasteiger partial charge is 0.307 e. The van der Waals surface area contributed by atoms with Crippen molar-refractivity contribution in [1.29, 1.82) is 0 Å². The lowest BCUT2D eigenvalue weighted by molar-refractivity contribution is -0.141. The number of ether oxygens (including phenoxy) is 1. The molecule has 1 saturated heterocycles. The Morgan fingerprint density at radius 2 is 1.86 bits per heavy atom. The highest BCUT2D eigenvalue weighted by atomic mass is 16.5. The Hall–Kier alpha value is -1.88. The SMILES string of the molecule is COC(=O)C[C@H](C)NC(=O)[C@H](c1ccccc1)N1CCCC1. The highest BCUT2D eigenvalue weighted by Gasteiger charge is 2.30. The Kier molecular flexibility index (Phi) is 5.95. The maximum atomic E-state index is 12.7. The number of esters is 1. The first-order valence-electron chi connectivity index (χ1n) is 7.78. The predicted octanol–water partition coefficient (Wildman–Crippen LogP) is 1.89. The average molecular weight is 304 g/mol. The van der Waals surface area contributed by atoms with Gasteiger partial charge in [-0.1, -0.05) is 30.3 Å². The van der Waals surface area contributed by atoms with E-state index < -0.39 is 0 Å². The molecule has 0 aromatic heterocycles. The van der Waals surface area contributed by atoms with Crippen LogP contribution in [0.5, 0.6) is 0 Å². The summed E-state index contributed by atoms with van der Waals surface area (Å²) in [6, 6.07) is 9.27. The predicted molar refractivity (Wildman–Crippen MR) is 84.2 cm³/mol. The maximum Gasteiger partial charge on any atom is 0.307 e. The molecule has 1 aliphatic heterocycles. The van der Waals surface area contributed by atoms with Crippen LogP contribution in [0.3, 0.4) is 0 Å². The summed E-state index contributed by atoms with van der Waals surface area (Å²) >= 11 is 0. The van der Waals surface area contributed by atoms with E-state index in [1.165, 1.54) is 7.11 Å². The molecular weight excluding hydrogens is 280 g/mol. The quantitative estimate of drug-likeness (QED) is 0.815. The van der Waals surface area contributed by atoms with Crippen molar-refractivity contribution in [3.8, 4) is 0 Å². The molecule has 1 heterocycles. The zero-order chi connectivity index (χ0) is 15.9. The Morgan fingerprint density at radius 1 is 1.23 bits per heavy atom. The summed E-state index contributed by atoms with van der Waals surface area (Å²) < 4.78 is 4.65. The molecule has 2 rings (SSSR count). The van der Waals surface area contributed by atoms with Crippen molar-refractivity contribution >= 4 is 11.9 Å². The van der Waals surface area contributed by atoms with Gasteiger partial charge in [0.05, 0.1) is 13.5 Å². The first-order chi connectivity index (χ1) is 10.6. The maximum absolute atomic E-state index is 12.7. The number of carbonyl (C=O) groups is 2. The third kappa shape index (κ3) is 4.31. The van der Waals surface area contributed by atoms with Crippen molar-refractivity contribution in [2.45, 2.75) is 38.3 Å². The molecule has 2 atom stereocenters. The molecule has 1 amide bonds. The van der Waals surface area contributed by atoms with E-state index in [1.54, 1.807) is 0 Å².